The number of hydrogen-bond donors (Lipinski definition) is 1. The van der Waals surface area contributed by atoms with E-state index in [1.165, 1.54) is 12.1 Å². The number of rotatable bonds is 5. The van der Waals surface area contributed by atoms with E-state index in [1.807, 2.05) is 17.9 Å². The third-order valence-electron chi connectivity index (χ3n) is 2.71. The highest BCUT2D eigenvalue weighted by Gasteiger charge is 2.10. The first kappa shape index (κ1) is 11.2. The van der Waals surface area contributed by atoms with Gasteiger partial charge in [0.15, 0.2) is 0 Å². The van der Waals surface area contributed by atoms with E-state index in [0.29, 0.717) is 12.0 Å². The van der Waals surface area contributed by atoms with Gasteiger partial charge in [-0.1, -0.05) is 20.8 Å². The Labute approximate surface area is 86.5 Å². The maximum Gasteiger partial charge on any atom is 0.0518 e. The molecule has 0 aromatic carbocycles. The second-order valence-electron chi connectivity index (χ2n) is 4.09. The molecular formula is C11H21N3. The minimum Gasteiger partial charge on any atom is -0.308 e. The van der Waals surface area contributed by atoms with Crippen LogP contribution in [-0.2, 0) is 13.6 Å². The Kier molecular flexibility index (Phi) is 4.14. The molecule has 1 unspecified atom stereocenters. The lowest BCUT2D eigenvalue weighted by Gasteiger charge is -2.20. The first-order valence-electron chi connectivity index (χ1n) is 5.35. The fourth-order valence-electron chi connectivity index (χ4n) is 1.66. The van der Waals surface area contributed by atoms with E-state index in [9.17, 15) is 0 Å². The highest BCUT2D eigenvalue weighted by molar-refractivity contribution is 4.99. The maximum absolute atomic E-state index is 4.14. The van der Waals surface area contributed by atoms with Crippen molar-refractivity contribution >= 4 is 0 Å². The van der Waals surface area contributed by atoms with Gasteiger partial charge in [-0.2, -0.15) is 5.10 Å². The molecule has 0 aliphatic carbocycles. The van der Waals surface area contributed by atoms with E-state index < -0.39 is 0 Å². The van der Waals surface area contributed by atoms with Crippen LogP contribution in [0.4, 0.5) is 0 Å². The van der Waals surface area contributed by atoms with Gasteiger partial charge in [-0.15, -0.1) is 0 Å². The lowest BCUT2D eigenvalue weighted by atomic mass is 10.0. The maximum atomic E-state index is 4.14. The monoisotopic (exact) mass is 195 g/mol. The number of nitrogens with zero attached hydrogens (tertiary/aromatic N) is 2. The molecular weight excluding hydrogens is 174 g/mol. The van der Waals surface area contributed by atoms with Crippen LogP contribution < -0.4 is 5.32 Å². The van der Waals surface area contributed by atoms with E-state index in [-0.39, 0.29) is 0 Å². The molecule has 0 spiro atoms. The third kappa shape index (κ3) is 2.84. The summed E-state index contributed by atoms with van der Waals surface area (Å²) in [5.74, 6) is 0.688. The summed E-state index contributed by atoms with van der Waals surface area (Å²) >= 11 is 0. The summed E-state index contributed by atoms with van der Waals surface area (Å²) < 4.78 is 1.92. The second kappa shape index (κ2) is 5.15. The van der Waals surface area contributed by atoms with Gasteiger partial charge in [-0.25, -0.2) is 0 Å². The van der Waals surface area contributed by atoms with Crippen LogP contribution in [0.3, 0.4) is 0 Å². The van der Waals surface area contributed by atoms with Gasteiger partial charge < -0.3 is 5.32 Å². The summed E-state index contributed by atoms with van der Waals surface area (Å²) in [4.78, 5) is 0. The van der Waals surface area contributed by atoms with Gasteiger partial charge in [0.25, 0.3) is 0 Å². The minimum absolute atomic E-state index is 0.602. The van der Waals surface area contributed by atoms with E-state index >= 15 is 0 Å². The van der Waals surface area contributed by atoms with Gasteiger partial charge in [0.2, 0.25) is 0 Å². The van der Waals surface area contributed by atoms with Crippen LogP contribution in [0.1, 0.15) is 32.9 Å². The molecule has 0 aliphatic heterocycles. The standard InChI is InChI=1S/C11H21N3/c1-5-11(9(2)3)12-8-10-6-7-13-14(10)4/h6-7,9,11-12H,5,8H2,1-4H3. The molecule has 0 aliphatic rings. The van der Waals surface area contributed by atoms with Crippen LogP contribution >= 0.6 is 0 Å². The third-order valence-corrected chi connectivity index (χ3v) is 2.71. The quantitative estimate of drug-likeness (QED) is 0.778. The van der Waals surface area contributed by atoms with Crippen molar-refractivity contribution in [1.29, 1.82) is 0 Å². The Hall–Kier alpha value is -0.830. The molecule has 1 atom stereocenters. The molecule has 3 heteroatoms. The predicted molar refractivity (Wildman–Crippen MR) is 59.0 cm³/mol. The highest BCUT2D eigenvalue weighted by atomic mass is 15.3. The lowest BCUT2D eigenvalue weighted by Crippen LogP contribution is -2.33. The van der Waals surface area contributed by atoms with Crippen LogP contribution in [0.25, 0.3) is 0 Å². The largest absolute Gasteiger partial charge is 0.308 e. The van der Waals surface area contributed by atoms with Gasteiger partial charge in [0.1, 0.15) is 0 Å². The van der Waals surface area contributed by atoms with E-state index in [4.69, 9.17) is 0 Å². The zero-order valence-corrected chi connectivity index (χ0v) is 9.62. The zero-order chi connectivity index (χ0) is 10.6. The van der Waals surface area contributed by atoms with E-state index in [2.05, 4.69) is 37.3 Å². The van der Waals surface area contributed by atoms with Crippen LogP contribution in [0.2, 0.25) is 0 Å². The van der Waals surface area contributed by atoms with Gasteiger partial charge >= 0.3 is 0 Å². The summed E-state index contributed by atoms with van der Waals surface area (Å²) in [6.07, 6.45) is 3.02. The molecule has 3 nitrogen and oxygen atoms in total. The van der Waals surface area contributed by atoms with E-state index in [1.54, 1.807) is 0 Å². The Morgan fingerprint density at radius 2 is 2.21 bits per heavy atom. The molecule has 0 fully saturated rings. The van der Waals surface area contributed by atoms with Crippen LogP contribution in [0, 0.1) is 5.92 Å². The molecule has 0 saturated carbocycles. The van der Waals surface area contributed by atoms with Crippen molar-refractivity contribution in [3.63, 3.8) is 0 Å². The van der Waals surface area contributed by atoms with Gasteiger partial charge in [0.05, 0.1) is 5.69 Å². The fourth-order valence-corrected chi connectivity index (χ4v) is 1.66. The summed E-state index contributed by atoms with van der Waals surface area (Å²) in [5.41, 5.74) is 1.24. The summed E-state index contributed by atoms with van der Waals surface area (Å²) in [6, 6.07) is 2.66. The Bertz CT molecular complexity index is 265. The SMILES string of the molecule is CCC(NCc1ccnn1C)C(C)C. The molecule has 0 bridgehead atoms. The number of aryl methyl sites for hydroxylation is 1. The van der Waals surface area contributed by atoms with Crippen LogP contribution in [-0.4, -0.2) is 15.8 Å². The first-order chi connectivity index (χ1) is 6.65. The van der Waals surface area contributed by atoms with Crippen LogP contribution in [0.5, 0.6) is 0 Å². The van der Waals surface area contributed by atoms with Crippen molar-refractivity contribution in [3.8, 4) is 0 Å². The summed E-state index contributed by atoms with van der Waals surface area (Å²) in [6.45, 7) is 7.64. The molecule has 1 aromatic rings. The molecule has 1 heterocycles. The minimum atomic E-state index is 0.602. The van der Waals surface area contributed by atoms with Crippen molar-refractivity contribution < 1.29 is 0 Å². The van der Waals surface area contributed by atoms with E-state index in [0.717, 1.165) is 6.54 Å². The Morgan fingerprint density at radius 3 is 2.64 bits per heavy atom. The molecule has 1 rings (SSSR count). The molecule has 0 saturated heterocycles. The van der Waals surface area contributed by atoms with Crippen molar-refractivity contribution in [3.05, 3.63) is 18.0 Å². The fraction of sp³-hybridized carbons (Fsp3) is 0.727. The van der Waals surface area contributed by atoms with Gasteiger partial charge in [-0.3, -0.25) is 4.68 Å². The first-order valence-corrected chi connectivity index (χ1v) is 5.35. The number of hydrogen-bond acceptors (Lipinski definition) is 2. The average molecular weight is 195 g/mol. The van der Waals surface area contributed by atoms with Gasteiger partial charge in [-0.05, 0) is 18.4 Å². The van der Waals surface area contributed by atoms with Crippen molar-refractivity contribution in [1.82, 2.24) is 15.1 Å². The molecule has 0 radical (unpaired) electrons. The van der Waals surface area contributed by atoms with Crippen molar-refractivity contribution in [2.75, 3.05) is 0 Å². The molecule has 80 valence electrons. The van der Waals surface area contributed by atoms with Gasteiger partial charge in [0, 0.05) is 25.8 Å². The smallest absolute Gasteiger partial charge is 0.0518 e. The predicted octanol–water partition coefficient (Wildman–Crippen LogP) is 1.94. The number of nitrogens with one attached hydrogen (secondary N) is 1. The highest BCUT2D eigenvalue weighted by Crippen LogP contribution is 2.06. The Morgan fingerprint density at radius 1 is 1.50 bits per heavy atom. The second-order valence-corrected chi connectivity index (χ2v) is 4.09. The number of aromatic nitrogens is 2. The lowest BCUT2D eigenvalue weighted by molar-refractivity contribution is 0.382. The van der Waals surface area contributed by atoms with Crippen molar-refractivity contribution in [2.45, 2.75) is 39.8 Å². The topological polar surface area (TPSA) is 29.9 Å². The normalized spacial score (nSPS) is 13.5. The molecule has 0 amide bonds. The summed E-state index contributed by atoms with van der Waals surface area (Å²) in [7, 11) is 1.98. The molecule has 1 aromatic heterocycles. The Balaban J connectivity index is 2.43. The average Bonchev–Trinajstić information content (AvgIpc) is 2.52. The molecule has 1 N–H and O–H groups in total. The zero-order valence-electron chi connectivity index (χ0n) is 9.62. The molecule has 14 heavy (non-hydrogen) atoms. The van der Waals surface area contributed by atoms with Crippen molar-refractivity contribution in [2.24, 2.45) is 13.0 Å². The summed E-state index contributed by atoms with van der Waals surface area (Å²) in [5, 5.41) is 7.69. The van der Waals surface area contributed by atoms with Crippen LogP contribution in [0.15, 0.2) is 12.3 Å².